The third-order valence-electron chi connectivity index (χ3n) is 6.10. The lowest BCUT2D eigenvalue weighted by atomic mass is 9.96. The summed E-state index contributed by atoms with van der Waals surface area (Å²) in [4.78, 5) is 10.4. The van der Waals surface area contributed by atoms with Gasteiger partial charge in [-0.25, -0.2) is 4.98 Å². The van der Waals surface area contributed by atoms with Crippen molar-refractivity contribution in [1.82, 2.24) is 25.0 Å². The number of nitrogens with zero attached hydrogens (tertiary/aromatic N) is 5. The van der Waals surface area contributed by atoms with Crippen molar-refractivity contribution >= 4 is 16.7 Å². The minimum Gasteiger partial charge on any atom is -0.357 e. The van der Waals surface area contributed by atoms with E-state index in [0.29, 0.717) is 30.7 Å². The normalized spacial score (nSPS) is 19.3. The van der Waals surface area contributed by atoms with Crippen LogP contribution in [0.4, 0.5) is 32.0 Å². The van der Waals surface area contributed by atoms with Crippen LogP contribution < -0.4 is 4.90 Å². The molecule has 4 aromatic rings. The lowest BCUT2D eigenvalue weighted by Crippen LogP contribution is -2.40. The largest absolute Gasteiger partial charge is 0.416 e. The second kappa shape index (κ2) is 7.47. The van der Waals surface area contributed by atoms with Gasteiger partial charge < -0.3 is 9.88 Å². The first kappa shape index (κ1) is 22.2. The maximum absolute atomic E-state index is 13.5. The predicted octanol–water partition coefficient (Wildman–Crippen LogP) is 5.50. The Hall–Kier alpha value is -3.57. The quantitative estimate of drug-likeness (QED) is 0.395. The molecule has 0 bridgehead atoms. The zero-order chi connectivity index (χ0) is 24.3. The van der Waals surface area contributed by atoms with Crippen LogP contribution in [0.15, 0.2) is 42.7 Å². The maximum Gasteiger partial charge on any atom is 0.416 e. The fourth-order valence-electron chi connectivity index (χ4n) is 4.37. The highest BCUT2D eigenvalue weighted by molar-refractivity contribution is 5.77. The molecule has 0 saturated carbocycles. The molecule has 1 N–H and O–H groups in total. The number of rotatable bonds is 3. The number of hydrogen-bond acceptors (Lipinski definition) is 4. The number of alkyl halides is 6. The van der Waals surface area contributed by atoms with Crippen LogP contribution in [-0.2, 0) is 17.9 Å². The first-order chi connectivity index (χ1) is 16.0. The number of halogens is 6. The minimum atomic E-state index is -4.59. The molecule has 0 spiro atoms. The first-order valence-electron chi connectivity index (χ1n) is 10.3. The standard InChI is InChI=1S/C22H17F6N6/c1-20(19-31-15-5-3-13(21(23,24)25)11-16(15)32-19)7-2-10-33(20)18-12-14(22(26,27)28)4-6-17(18)34-29-8-9-30-34/h3-5,8-9,11-12H,2,7,10H2,1H3,(H,31,32)/t20-/m0/s1. The SMILES string of the molecule is C[C@@]1(c2nc3cc(C(F)(F)F)ccc3[nH]2)CCCN1c1cc(C(F)(F)F)c[c]c1-n1nccn1. The van der Waals surface area contributed by atoms with E-state index >= 15 is 0 Å². The Morgan fingerprint density at radius 1 is 1.00 bits per heavy atom. The highest BCUT2D eigenvalue weighted by Gasteiger charge is 2.43. The van der Waals surface area contributed by atoms with Gasteiger partial charge in [0.25, 0.3) is 0 Å². The van der Waals surface area contributed by atoms with Crippen LogP contribution in [-0.4, -0.2) is 31.5 Å². The Bertz CT molecular complexity index is 1340. The molecule has 5 rings (SSSR count). The van der Waals surface area contributed by atoms with Gasteiger partial charge in [-0.2, -0.15) is 36.5 Å². The van der Waals surface area contributed by atoms with Crippen molar-refractivity contribution in [2.24, 2.45) is 0 Å². The van der Waals surface area contributed by atoms with Crippen LogP contribution in [0.5, 0.6) is 0 Å². The van der Waals surface area contributed by atoms with Crippen molar-refractivity contribution in [3.63, 3.8) is 0 Å². The van der Waals surface area contributed by atoms with Crippen LogP contribution in [0, 0.1) is 6.07 Å². The average Bonchev–Trinajstić information content (AvgIpc) is 3.51. The number of fused-ring (bicyclic) bond motifs is 1. The molecule has 0 amide bonds. The zero-order valence-electron chi connectivity index (χ0n) is 17.7. The number of H-pyrrole nitrogens is 1. The third kappa shape index (κ3) is 3.66. The third-order valence-corrected chi connectivity index (χ3v) is 6.10. The van der Waals surface area contributed by atoms with E-state index in [0.717, 1.165) is 24.3 Å². The van der Waals surface area contributed by atoms with Gasteiger partial charge in [0.2, 0.25) is 0 Å². The number of hydrogen-bond donors (Lipinski definition) is 1. The van der Waals surface area contributed by atoms with Crippen LogP contribution in [0.2, 0.25) is 0 Å². The number of imidazole rings is 1. The van der Waals surface area contributed by atoms with Crippen molar-refractivity contribution < 1.29 is 26.3 Å². The number of anilines is 1. The summed E-state index contributed by atoms with van der Waals surface area (Å²) in [5.74, 6) is 0.358. The fourth-order valence-corrected chi connectivity index (χ4v) is 4.37. The molecule has 12 heteroatoms. The molecule has 2 aromatic carbocycles. The molecular formula is C22H17F6N6. The predicted molar refractivity (Wildman–Crippen MR) is 110 cm³/mol. The molecule has 34 heavy (non-hydrogen) atoms. The summed E-state index contributed by atoms with van der Waals surface area (Å²) < 4.78 is 80.0. The molecule has 1 fully saturated rings. The molecule has 1 saturated heterocycles. The molecular weight excluding hydrogens is 462 g/mol. The second-order valence-electron chi connectivity index (χ2n) is 8.28. The molecule has 1 aliphatic heterocycles. The number of aromatic amines is 1. The van der Waals surface area contributed by atoms with Gasteiger partial charge in [-0.15, -0.1) is 4.80 Å². The average molecular weight is 479 g/mol. The lowest BCUT2D eigenvalue weighted by molar-refractivity contribution is -0.138. The Kier molecular flexibility index (Phi) is 4.88. The maximum atomic E-state index is 13.5. The van der Waals surface area contributed by atoms with E-state index in [1.807, 2.05) is 0 Å². The lowest BCUT2D eigenvalue weighted by Gasteiger charge is -2.36. The molecule has 6 nitrogen and oxygen atoms in total. The summed E-state index contributed by atoms with van der Waals surface area (Å²) in [7, 11) is 0. The molecule has 1 aliphatic rings. The van der Waals surface area contributed by atoms with Crippen molar-refractivity contribution in [1.29, 1.82) is 0 Å². The van der Waals surface area contributed by atoms with Gasteiger partial charge in [0.05, 0.1) is 45.8 Å². The number of aromatic nitrogens is 5. The van der Waals surface area contributed by atoms with Crippen molar-refractivity contribution in [2.45, 2.75) is 37.7 Å². The Balaban J connectivity index is 1.64. The summed E-state index contributed by atoms with van der Waals surface area (Å²) in [5.41, 5.74) is -1.68. The van der Waals surface area contributed by atoms with E-state index in [1.165, 1.54) is 23.3 Å². The number of benzene rings is 2. The van der Waals surface area contributed by atoms with Crippen molar-refractivity contribution in [3.8, 4) is 5.69 Å². The van der Waals surface area contributed by atoms with Gasteiger partial charge >= 0.3 is 12.4 Å². The molecule has 0 unspecified atom stereocenters. The van der Waals surface area contributed by atoms with E-state index < -0.39 is 29.0 Å². The summed E-state index contributed by atoms with van der Waals surface area (Å²) in [6.45, 7) is 2.19. The topological polar surface area (TPSA) is 62.6 Å². The van der Waals surface area contributed by atoms with E-state index in [9.17, 15) is 26.3 Å². The Morgan fingerprint density at radius 3 is 2.38 bits per heavy atom. The minimum absolute atomic E-state index is 0.127. The molecule has 0 aliphatic carbocycles. The smallest absolute Gasteiger partial charge is 0.357 e. The summed E-state index contributed by atoms with van der Waals surface area (Å²) >= 11 is 0. The van der Waals surface area contributed by atoms with Gasteiger partial charge in [-0.05, 0) is 50.1 Å². The first-order valence-corrected chi connectivity index (χ1v) is 10.3. The van der Waals surface area contributed by atoms with E-state index in [1.54, 1.807) is 11.8 Å². The van der Waals surface area contributed by atoms with Crippen molar-refractivity contribution in [3.05, 3.63) is 65.7 Å². The monoisotopic (exact) mass is 479 g/mol. The van der Waals surface area contributed by atoms with E-state index in [-0.39, 0.29) is 16.9 Å². The Labute approximate surface area is 189 Å². The molecule has 2 aromatic heterocycles. The second-order valence-corrected chi connectivity index (χ2v) is 8.28. The van der Waals surface area contributed by atoms with Crippen LogP contribution in [0.25, 0.3) is 16.7 Å². The van der Waals surface area contributed by atoms with Gasteiger partial charge in [0, 0.05) is 12.6 Å². The highest BCUT2D eigenvalue weighted by atomic mass is 19.4. The Morgan fingerprint density at radius 2 is 1.71 bits per heavy atom. The zero-order valence-corrected chi connectivity index (χ0v) is 17.7. The molecule has 1 atom stereocenters. The van der Waals surface area contributed by atoms with Crippen LogP contribution >= 0.6 is 0 Å². The van der Waals surface area contributed by atoms with Gasteiger partial charge in [-0.1, -0.05) is 0 Å². The molecule has 3 heterocycles. The van der Waals surface area contributed by atoms with Crippen LogP contribution in [0.1, 0.15) is 36.7 Å². The van der Waals surface area contributed by atoms with Crippen LogP contribution in [0.3, 0.4) is 0 Å². The number of nitrogens with one attached hydrogen (secondary N) is 1. The highest BCUT2D eigenvalue weighted by Crippen LogP contribution is 2.45. The fraction of sp³-hybridized carbons (Fsp3) is 0.318. The van der Waals surface area contributed by atoms with E-state index in [2.05, 4.69) is 26.2 Å². The van der Waals surface area contributed by atoms with E-state index in [4.69, 9.17) is 0 Å². The summed E-state index contributed by atoms with van der Waals surface area (Å²) in [6.07, 6.45) is -5.17. The molecule has 177 valence electrons. The van der Waals surface area contributed by atoms with Crippen molar-refractivity contribution in [2.75, 3.05) is 11.4 Å². The summed E-state index contributed by atoms with van der Waals surface area (Å²) in [6, 6.07) is 7.73. The molecule has 1 radical (unpaired) electrons. The van der Waals surface area contributed by atoms with Gasteiger partial charge in [0.15, 0.2) is 0 Å². The van der Waals surface area contributed by atoms with Gasteiger partial charge in [-0.3, -0.25) is 0 Å². The van der Waals surface area contributed by atoms with Gasteiger partial charge in [0.1, 0.15) is 11.5 Å². The summed E-state index contributed by atoms with van der Waals surface area (Å²) in [5, 5.41) is 8.07.